The highest BCUT2D eigenvalue weighted by Crippen LogP contribution is 2.36. The number of benzene rings is 2. The monoisotopic (exact) mass is 250 g/mol. The second-order valence-electron chi connectivity index (χ2n) is 5.26. The topological polar surface area (TPSA) is 15.6 Å². The van der Waals surface area contributed by atoms with Gasteiger partial charge in [-0.2, -0.15) is 0 Å². The van der Waals surface area contributed by atoms with Gasteiger partial charge in [0, 0.05) is 13.6 Å². The lowest BCUT2D eigenvalue weighted by atomic mass is 9.83. The maximum atomic E-state index is 4.85. The van der Waals surface area contributed by atoms with E-state index in [1.54, 1.807) is 0 Å². The molecule has 1 atom stereocenters. The van der Waals surface area contributed by atoms with E-state index in [0.29, 0.717) is 0 Å². The van der Waals surface area contributed by atoms with Crippen LogP contribution < -0.4 is 0 Å². The van der Waals surface area contributed by atoms with E-state index in [-0.39, 0.29) is 5.54 Å². The van der Waals surface area contributed by atoms with Crippen molar-refractivity contribution in [2.24, 2.45) is 4.99 Å². The van der Waals surface area contributed by atoms with Crippen LogP contribution in [0.25, 0.3) is 0 Å². The Morgan fingerprint density at radius 3 is 2.47 bits per heavy atom. The molecule has 0 saturated heterocycles. The molecule has 0 saturated carbocycles. The van der Waals surface area contributed by atoms with Crippen LogP contribution in [0.15, 0.2) is 59.6 Å². The molecule has 0 bridgehead atoms. The van der Waals surface area contributed by atoms with Crippen molar-refractivity contribution in [1.29, 1.82) is 0 Å². The Morgan fingerprint density at radius 2 is 1.68 bits per heavy atom. The molecule has 2 aromatic carbocycles. The van der Waals surface area contributed by atoms with Crippen LogP contribution in [0.5, 0.6) is 0 Å². The normalized spacial score (nSPS) is 21.9. The first kappa shape index (κ1) is 12.0. The standard InChI is InChI=1S/C17H18N2/c1-17(15-9-4-3-5-10-15)16-11-7-6-8-14(16)12-19(2)13-18-17/h3-11,13H,12H2,1-2H3. The minimum absolute atomic E-state index is 0.303. The van der Waals surface area contributed by atoms with Gasteiger partial charge in [-0.15, -0.1) is 0 Å². The second-order valence-corrected chi connectivity index (χ2v) is 5.26. The highest BCUT2D eigenvalue weighted by atomic mass is 15.1. The zero-order valence-corrected chi connectivity index (χ0v) is 11.4. The molecular weight excluding hydrogens is 232 g/mol. The quantitative estimate of drug-likeness (QED) is 0.757. The fourth-order valence-electron chi connectivity index (χ4n) is 2.72. The van der Waals surface area contributed by atoms with Gasteiger partial charge in [0.05, 0.1) is 6.34 Å². The number of hydrogen-bond donors (Lipinski definition) is 0. The van der Waals surface area contributed by atoms with Crippen molar-refractivity contribution in [2.75, 3.05) is 7.05 Å². The number of hydrogen-bond acceptors (Lipinski definition) is 2. The van der Waals surface area contributed by atoms with E-state index in [0.717, 1.165) is 6.54 Å². The first-order valence-corrected chi connectivity index (χ1v) is 6.60. The maximum absolute atomic E-state index is 4.85. The molecule has 2 nitrogen and oxygen atoms in total. The van der Waals surface area contributed by atoms with Gasteiger partial charge in [-0.3, -0.25) is 4.99 Å². The number of nitrogens with zero attached hydrogens (tertiary/aromatic N) is 2. The van der Waals surface area contributed by atoms with Crippen LogP contribution in [0.2, 0.25) is 0 Å². The first-order chi connectivity index (χ1) is 9.20. The average molecular weight is 250 g/mol. The Labute approximate surface area is 114 Å². The molecule has 1 unspecified atom stereocenters. The first-order valence-electron chi connectivity index (χ1n) is 6.60. The van der Waals surface area contributed by atoms with Gasteiger partial charge in [-0.05, 0) is 23.6 Å². The molecule has 0 aliphatic carbocycles. The van der Waals surface area contributed by atoms with E-state index < -0.39 is 0 Å². The summed E-state index contributed by atoms with van der Waals surface area (Å²) in [5, 5.41) is 0. The summed E-state index contributed by atoms with van der Waals surface area (Å²) >= 11 is 0. The minimum atomic E-state index is -0.303. The average Bonchev–Trinajstić information content (AvgIpc) is 2.58. The molecule has 0 aromatic heterocycles. The molecule has 2 heteroatoms. The van der Waals surface area contributed by atoms with Gasteiger partial charge >= 0.3 is 0 Å². The maximum Gasteiger partial charge on any atom is 0.110 e. The molecular formula is C17H18N2. The number of rotatable bonds is 1. The van der Waals surface area contributed by atoms with Gasteiger partial charge in [-0.25, -0.2) is 0 Å². The number of aliphatic imine (C=N–C) groups is 1. The third-order valence-corrected chi connectivity index (χ3v) is 3.81. The zero-order chi connectivity index (χ0) is 13.3. The molecule has 0 spiro atoms. The lowest BCUT2D eigenvalue weighted by Gasteiger charge is -2.27. The number of fused-ring (bicyclic) bond motifs is 1. The van der Waals surface area contributed by atoms with Gasteiger partial charge < -0.3 is 4.90 Å². The van der Waals surface area contributed by atoms with Gasteiger partial charge in [0.25, 0.3) is 0 Å². The molecule has 0 N–H and O–H groups in total. The largest absolute Gasteiger partial charge is 0.362 e. The molecule has 0 fully saturated rings. The van der Waals surface area contributed by atoms with Crippen LogP contribution in [-0.2, 0) is 12.1 Å². The molecule has 0 radical (unpaired) electrons. The summed E-state index contributed by atoms with van der Waals surface area (Å²) < 4.78 is 0. The van der Waals surface area contributed by atoms with Crippen molar-refractivity contribution < 1.29 is 0 Å². The summed E-state index contributed by atoms with van der Waals surface area (Å²) in [5.41, 5.74) is 3.56. The molecule has 1 heterocycles. The minimum Gasteiger partial charge on any atom is -0.362 e. The highest BCUT2D eigenvalue weighted by Gasteiger charge is 2.31. The molecule has 19 heavy (non-hydrogen) atoms. The van der Waals surface area contributed by atoms with Crippen molar-refractivity contribution in [1.82, 2.24) is 4.90 Å². The summed E-state index contributed by atoms with van der Waals surface area (Å²) in [6.07, 6.45) is 1.95. The second kappa shape index (κ2) is 4.54. The van der Waals surface area contributed by atoms with E-state index in [9.17, 15) is 0 Å². The summed E-state index contributed by atoms with van der Waals surface area (Å²) in [5.74, 6) is 0. The molecule has 1 aliphatic heterocycles. The van der Waals surface area contributed by atoms with Crippen LogP contribution in [0.3, 0.4) is 0 Å². The van der Waals surface area contributed by atoms with E-state index in [4.69, 9.17) is 4.99 Å². The van der Waals surface area contributed by atoms with E-state index >= 15 is 0 Å². The van der Waals surface area contributed by atoms with Crippen molar-refractivity contribution in [2.45, 2.75) is 19.0 Å². The smallest absolute Gasteiger partial charge is 0.110 e. The Bertz CT molecular complexity index is 604. The molecule has 0 amide bonds. The van der Waals surface area contributed by atoms with Crippen LogP contribution in [0.4, 0.5) is 0 Å². The summed E-state index contributed by atoms with van der Waals surface area (Å²) in [6.45, 7) is 3.10. The van der Waals surface area contributed by atoms with Crippen LogP contribution in [0.1, 0.15) is 23.6 Å². The SMILES string of the molecule is CN1C=NC(C)(c2ccccc2)c2ccccc2C1. The van der Waals surface area contributed by atoms with Crippen molar-refractivity contribution in [3.8, 4) is 0 Å². The fourth-order valence-corrected chi connectivity index (χ4v) is 2.72. The van der Waals surface area contributed by atoms with Crippen molar-refractivity contribution >= 4 is 6.34 Å². The lowest BCUT2D eigenvalue weighted by molar-refractivity contribution is 0.518. The Hall–Kier alpha value is -2.09. The van der Waals surface area contributed by atoms with Gasteiger partial charge in [-0.1, -0.05) is 54.6 Å². The predicted molar refractivity (Wildman–Crippen MR) is 79.3 cm³/mol. The summed E-state index contributed by atoms with van der Waals surface area (Å²) in [6, 6.07) is 19.1. The Kier molecular flexibility index (Phi) is 2.86. The van der Waals surface area contributed by atoms with E-state index in [1.807, 2.05) is 12.4 Å². The van der Waals surface area contributed by atoms with Crippen molar-refractivity contribution in [3.05, 3.63) is 71.3 Å². The summed E-state index contributed by atoms with van der Waals surface area (Å²) in [4.78, 5) is 6.98. The third kappa shape index (κ3) is 2.03. The Morgan fingerprint density at radius 1 is 1.00 bits per heavy atom. The van der Waals surface area contributed by atoms with Crippen molar-refractivity contribution in [3.63, 3.8) is 0 Å². The molecule has 96 valence electrons. The molecule has 3 rings (SSSR count). The molecule has 1 aliphatic rings. The van der Waals surface area contributed by atoms with Crippen LogP contribution in [-0.4, -0.2) is 18.3 Å². The Balaban J connectivity index is 2.22. The van der Waals surface area contributed by atoms with Gasteiger partial charge in [0.1, 0.15) is 5.54 Å². The summed E-state index contributed by atoms with van der Waals surface area (Å²) in [7, 11) is 2.07. The highest BCUT2D eigenvalue weighted by molar-refractivity contribution is 5.60. The van der Waals surface area contributed by atoms with E-state index in [2.05, 4.69) is 67.4 Å². The third-order valence-electron chi connectivity index (χ3n) is 3.81. The predicted octanol–water partition coefficient (Wildman–Crippen LogP) is 3.42. The van der Waals surface area contributed by atoms with Gasteiger partial charge in [0.2, 0.25) is 0 Å². The van der Waals surface area contributed by atoms with Crippen LogP contribution in [0, 0.1) is 0 Å². The molecule has 2 aromatic rings. The van der Waals surface area contributed by atoms with Gasteiger partial charge in [0.15, 0.2) is 0 Å². The lowest BCUT2D eigenvalue weighted by Crippen LogP contribution is -2.21. The zero-order valence-electron chi connectivity index (χ0n) is 11.4. The van der Waals surface area contributed by atoms with Crippen LogP contribution >= 0.6 is 0 Å². The fraction of sp³-hybridized carbons (Fsp3) is 0.235. The van der Waals surface area contributed by atoms with E-state index in [1.165, 1.54) is 16.7 Å².